The predicted octanol–water partition coefficient (Wildman–Crippen LogP) is 3.06. The summed E-state index contributed by atoms with van der Waals surface area (Å²) in [5.41, 5.74) is 4.93. The van der Waals surface area contributed by atoms with Crippen LogP contribution in [0.3, 0.4) is 0 Å². The number of fused-ring (bicyclic) bond motifs is 1. The van der Waals surface area contributed by atoms with E-state index in [4.69, 9.17) is 5.11 Å². The molecule has 3 N–H and O–H groups in total. The van der Waals surface area contributed by atoms with Crippen LogP contribution in [0.25, 0.3) is 11.0 Å². The fraction of sp³-hybridized carbons (Fsp3) is 0.423. The van der Waals surface area contributed by atoms with Gasteiger partial charge in [-0.3, -0.25) is 14.5 Å². The van der Waals surface area contributed by atoms with Gasteiger partial charge in [-0.25, -0.2) is 4.79 Å². The Labute approximate surface area is 219 Å². The van der Waals surface area contributed by atoms with Crippen molar-refractivity contribution in [3.63, 3.8) is 0 Å². The number of rotatable bonds is 9. The molecule has 5 heterocycles. The summed E-state index contributed by atoms with van der Waals surface area (Å²) in [5, 5.41) is 29.8. The minimum Gasteiger partial charge on any atom is -0.465 e. The van der Waals surface area contributed by atoms with Gasteiger partial charge in [0.1, 0.15) is 0 Å². The molecule has 5 rings (SSSR count). The molecule has 4 aromatic rings. The standard InChI is InChI=1S/C26H31N9O3/c1-17-5-6-18(14-27-17)15-28-25(36)23-16-35(33-31-23)9-3-2-4-21-12-20-13-22(29-24(20)32-30-21)19-7-10-34(11-8-19)26(37)38/h5-6,12-14,16,19H,2-4,7-11,15H2,1H3,(H,28,36)(H,29,32)(H,37,38). The van der Waals surface area contributed by atoms with E-state index in [9.17, 15) is 9.59 Å². The second kappa shape index (κ2) is 11.4. The van der Waals surface area contributed by atoms with Crippen LogP contribution >= 0.6 is 0 Å². The highest BCUT2D eigenvalue weighted by Crippen LogP contribution is 2.29. The van der Waals surface area contributed by atoms with Crippen LogP contribution in [0.1, 0.15) is 64.7 Å². The van der Waals surface area contributed by atoms with Crippen molar-refractivity contribution in [3.8, 4) is 0 Å². The SMILES string of the molecule is Cc1ccc(CNC(=O)c2cn(CCCCc3cc4cc(C5CCN(C(=O)O)CC5)[nH]c4nn3)nn2)cn1. The number of hydrogen-bond acceptors (Lipinski definition) is 7. The molecule has 0 radical (unpaired) electrons. The number of pyridine rings is 1. The van der Waals surface area contributed by atoms with Crippen molar-refractivity contribution in [1.29, 1.82) is 0 Å². The maximum absolute atomic E-state index is 12.4. The van der Waals surface area contributed by atoms with Gasteiger partial charge in [0.25, 0.3) is 5.91 Å². The predicted molar refractivity (Wildman–Crippen MR) is 139 cm³/mol. The Morgan fingerprint density at radius 2 is 1.97 bits per heavy atom. The minimum absolute atomic E-state index is 0.265. The molecule has 1 aliphatic rings. The number of carbonyl (C=O) groups is 2. The maximum atomic E-state index is 12.4. The molecule has 0 aliphatic carbocycles. The summed E-state index contributed by atoms with van der Waals surface area (Å²) in [6.45, 7) is 4.06. The largest absolute Gasteiger partial charge is 0.465 e. The van der Waals surface area contributed by atoms with Gasteiger partial charge >= 0.3 is 6.09 Å². The van der Waals surface area contributed by atoms with Crippen molar-refractivity contribution in [2.75, 3.05) is 13.1 Å². The summed E-state index contributed by atoms with van der Waals surface area (Å²) in [7, 11) is 0. The van der Waals surface area contributed by atoms with Gasteiger partial charge in [0.2, 0.25) is 0 Å². The highest BCUT2D eigenvalue weighted by atomic mass is 16.4. The van der Waals surface area contributed by atoms with Crippen molar-refractivity contribution >= 4 is 23.0 Å². The molecule has 0 unspecified atom stereocenters. The molecule has 0 bridgehead atoms. The van der Waals surface area contributed by atoms with E-state index in [1.54, 1.807) is 17.1 Å². The molecule has 38 heavy (non-hydrogen) atoms. The second-order valence-electron chi connectivity index (χ2n) is 9.72. The number of aromatic nitrogens is 7. The van der Waals surface area contributed by atoms with Crippen LogP contribution in [0.4, 0.5) is 4.79 Å². The maximum Gasteiger partial charge on any atom is 0.407 e. The van der Waals surface area contributed by atoms with Crippen LogP contribution in [0.2, 0.25) is 0 Å². The smallest absolute Gasteiger partial charge is 0.407 e. The van der Waals surface area contributed by atoms with Crippen LogP contribution in [-0.2, 0) is 19.5 Å². The summed E-state index contributed by atoms with van der Waals surface area (Å²) in [5.74, 6) is 0.0382. The Morgan fingerprint density at radius 1 is 1.13 bits per heavy atom. The zero-order valence-electron chi connectivity index (χ0n) is 21.3. The van der Waals surface area contributed by atoms with Crippen molar-refractivity contribution in [2.45, 2.75) is 58.0 Å². The number of nitrogens with one attached hydrogen (secondary N) is 2. The molecular weight excluding hydrogens is 486 g/mol. The van der Waals surface area contributed by atoms with E-state index in [1.165, 1.54) is 4.90 Å². The first-order valence-electron chi connectivity index (χ1n) is 12.9. The third kappa shape index (κ3) is 6.13. The number of piperidine rings is 1. The van der Waals surface area contributed by atoms with Crippen LogP contribution in [0.15, 0.2) is 36.7 Å². The number of likely N-dealkylation sites (tertiary alicyclic amines) is 1. The highest BCUT2D eigenvalue weighted by Gasteiger charge is 2.24. The molecule has 0 spiro atoms. The number of carboxylic acid groups (broad SMARTS) is 1. The van der Waals surface area contributed by atoms with E-state index in [0.29, 0.717) is 37.8 Å². The number of unbranched alkanes of at least 4 members (excludes halogenated alkanes) is 1. The average Bonchev–Trinajstić information content (AvgIpc) is 3.58. The summed E-state index contributed by atoms with van der Waals surface area (Å²) in [6.07, 6.45) is 6.70. The molecule has 0 aromatic carbocycles. The molecule has 0 atom stereocenters. The first-order valence-corrected chi connectivity index (χ1v) is 12.9. The van der Waals surface area contributed by atoms with E-state index >= 15 is 0 Å². The third-order valence-electron chi connectivity index (χ3n) is 6.92. The zero-order valence-corrected chi connectivity index (χ0v) is 21.3. The molecule has 1 fully saturated rings. The lowest BCUT2D eigenvalue weighted by atomic mass is 9.94. The fourth-order valence-electron chi connectivity index (χ4n) is 4.69. The number of hydrogen-bond donors (Lipinski definition) is 3. The zero-order chi connectivity index (χ0) is 26.5. The van der Waals surface area contributed by atoms with Crippen molar-refractivity contribution in [3.05, 3.63) is 65.0 Å². The summed E-state index contributed by atoms with van der Waals surface area (Å²) in [4.78, 5) is 32.6. The number of H-pyrrole nitrogens is 1. The van der Waals surface area contributed by atoms with Crippen LogP contribution in [0, 0.1) is 6.92 Å². The van der Waals surface area contributed by atoms with Crippen molar-refractivity contribution < 1.29 is 14.7 Å². The van der Waals surface area contributed by atoms with Gasteiger partial charge in [-0.05, 0) is 62.8 Å². The van der Waals surface area contributed by atoms with Crippen LogP contribution in [0.5, 0.6) is 0 Å². The molecule has 4 aromatic heterocycles. The van der Waals surface area contributed by atoms with Gasteiger partial charge in [0, 0.05) is 55.1 Å². The van der Waals surface area contributed by atoms with Gasteiger partial charge in [0.15, 0.2) is 11.3 Å². The van der Waals surface area contributed by atoms with Gasteiger partial charge < -0.3 is 20.3 Å². The lowest BCUT2D eigenvalue weighted by molar-refractivity contribution is 0.0945. The summed E-state index contributed by atoms with van der Waals surface area (Å²) < 4.78 is 1.69. The van der Waals surface area contributed by atoms with Crippen molar-refractivity contribution in [2.24, 2.45) is 0 Å². The van der Waals surface area contributed by atoms with E-state index in [2.05, 4.69) is 47.9 Å². The Morgan fingerprint density at radius 3 is 2.74 bits per heavy atom. The van der Waals surface area contributed by atoms with Crippen LogP contribution in [-0.4, -0.2) is 70.3 Å². The van der Waals surface area contributed by atoms with Gasteiger partial charge in [-0.15, -0.1) is 10.2 Å². The number of amides is 2. The van der Waals surface area contributed by atoms with Gasteiger partial charge in [-0.2, -0.15) is 5.10 Å². The Balaban J connectivity index is 1.07. The molecule has 12 heteroatoms. The first kappa shape index (κ1) is 25.3. The van der Waals surface area contributed by atoms with E-state index in [-0.39, 0.29) is 5.91 Å². The lowest BCUT2D eigenvalue weighted by Crippen LogP contribution is -2.36. The number of aryl methyl sites for hydroxylation is 3. The molecule has 2 amide bonds. The van der Waals surface area contributed by atoms with Crippen molar-refractivity contribution in [1.82, 2.24) is 45.4 Å². The lowest BCUT2D eigenvalue weighted by Gasteiger charge is -2.29. The Hall–Kier alpha value is -4.35. The topological polar surface area (TPSA) is 155 Å². The van der Waals surface area contributed by atoms with Crippen LogP contribution < -0.4 is 5.32 Å². The Bertz CT molecular complexity index is 1410. The van der Waals surface area contributed by atoms with Gasteiger partial charge in [-0.1, -0.05) is 11.3 Å². The average molecular weight is 518 g/mol. The fourth-order valence-corrected chi connectivity index (χ4v) is 4.69. The normalized spacial score (nSPS) is 14.2. The number of carbonyl (C=O) groups excluding carboxylic acids is 1. The third-order valence-corrected chi connectivity index (χ3v) is 6.92. The molecule has 1 saturated heterocycles. The Kier molecular flexibility index (Phi) is 7.57. The quantitative estimate of drug-likeness (QED) is 0.286. The van der Waals surface area contributed by atoms with E-state index in [1.807, 2.05) is 19.1 Å². The first-order chi connectivity index (χ1) is 18.4. The molecule has 1 aliphatic heterocycles. The van der Waals surface area contributed by atoms with E-state index in [0.717, 1.165) is 65.8 Å². The molecular formula is C26H31N9O3. The second-order valence-corrected chi connectivity index (χ2v) is 9.72. The van der Waals surface area contributed by atoms with E-state index < -0.39 is 6.09 Å². The summed E-state index contributed by atoms with van der Waals surface area (Å²) in [6, 6.07) is 8.03. The highest BCUT2D eigenvalue weighted by molar-refractivity contribution is 5.91. The molecule has 198 valence electrons. The van der Waals surface area contributed by atoms with Gasteiger partial charge in [0.05, 0.1) is 11.9 Å². The minimum atomic E-state index is -0.850. The monoisotopic (exact) mass is 517 g/mol. The number of nitrogens with zero attached hydrogens (tertiary/aromatic N) is 7. The molecule has 0 saturated carbocycles. The number of aromatic amines is 1. The summed E-state index contributed by atoms with van der Waals surface area (Å²) >= 11 is 0. The molecule has 12 nitrogen and oxygen atoms in total.